The molecule has 1 atom stereocenters. The molecule has 1 aliphatic rings. The topological polar surface area (TPSA) is 47.2 Å². The predicted molar refractivity (Wildman–Crippen MR) is 94.9 cm³/mol. The van der Waals surface area contributed by atoms with E-state index in [4.69, 9.17) is 0 Å². The Hall–Kier alpha value is -2.14. The zero-order valence-electron chi connectivity index (χ0n) is 14.7. The van der Waals surface area contributed by atoms with E-state index in [-0.39, 0.29) is 5.54 Å². The fourth-order valence-electron chi connectivity index (χ4n) is 3.70. The van der Waals surface area contributed by atoms with Crippen LogP contribution in [0.4, 0.5) is 0 Å². The second-order valence-electron chi connectivity index (χ2n) is 7.66. The van der Waals surface area contributed by atoms with Crippen molar-refractivity contribution in [3.8, 4) is 0 Å². The molecule has 3 aromatic heterocycles. The first-order valence-corrected chi connectivity index (χ1v) is 8.76. The minimum atomic E-state index is 0.0396. The van der Waals surface area contributed by atoms with Crippen molar-refractivity contribution in [1.29, 1.82) is 0 Å². The average Bonchev–Trinajstić information content (AvgIpc) is 3.17. The normalized spacial score (nSPS) is 18.0. The molecule has 3 heterocycles. The Bertz CT molecular complexity index is 852. The smallest absolute Gasteiger partial charge is 0.0706 e. The Morgan fingerprint density at radius 3 is 2.92 bits per heavy atom. The number of fused-ring (bicyclic) bond motifs is 2. The van der Waals surface area contributed by atoms with Crippen LogP contribution in [-0.4, -0.2) is 19.4 Å². The van der Waals surface area contributed by atoms with Gasteiger partial charge in [0.15, 0.2) is 0 Å². The maximum absolute atomic E-state index is 4.67. The molecule has 0 amide bonds. The molecular weight excluding hydrogens is 298 g/mol. The summed E-state index contributed by atoms with van der Waals surface area (Å²) in [4.78, 5) is 0. The van der Waals surface area contributed by atoms with Gasteiger partial charge in [0.25, 0.3) is 0 Å². The average molecular weight is 323 g/mol. The van der Waals surface area contributed by atoms with E-state index >= 15 is 0 Å². The molecule has 0 aliphatic heterocycles. The van der Waals surface area contributed by atoms with E-state index in [1.807, 2.05) is 23.0 Å². The van der Waals surface area contributed by atoms with Gasteiger partial charge in [0.2, 0.25) is 0 Å². The summed E-state index contributed by atoms with van der Waals surface area (Å²) in [5.41, 5.74) is 5.22. The third-order valence-electron chi connectivity index (χ3n) is 4.86. The van der Waals surface area contributed by atoms with Crippen LogP contribution < -0.4 is 5.32 Å². The lowest BCUT2D eigenvalue weighted by Gasteiger charge is -2.28. The van der Waals surface area contributed by atoms with Gasteiger partial charge in [0.05, 0.1) is 23.4 Å². The highest BCUT2D eigenvalue weighted by Gasteiger charge is 2.27. The Labute approximate surface area is 142 Å². The molecule has 0 spiro atoms. The Kier molecular flexibility index (Phi) is 3.68. The van der Waals surface area contributed by atoms with Gasteiger partial charge in [-0.1, -0.05) is 6.07 Å². The summed E-state index contributed by atoms with van der Waals surface area (Å²) >= 11 is 0. The standard InChI is InChI=1S/C19H25N5/c1-19(2,3)24-18-9-6-7-16(15(18)13-22-24)20-11-14-12-21-23-10-5-4-8-17(14)23/h4-5,8,10,12-13,16,20H,6-7,9,11H2,1-3H3. The number of pyridine rings is 1. The second kappa shape index (κ2) is 5.74. The van der Waals surface area contributed by atoms with Crippen LogP contribution in [-0.2, 0) is 18.5 Å². The lowest BCUT2D eigenvalue weighted by atomic mass is 9.92. The van der Waals surface area contributed by atoms with Crippen molar-refractivity contribution in [3.05, 3.63) is 53.6 Å². The molecule has 1 aliphatic carbocycles. The lowest BCUT2D eigenvalue weighted by molar-refractivity contribution is 0.334. The summed E-state index contributed by atoms with van der Waals surface area (Å²) in [6.45, 7) is 7.49. The molecule has 0 radical (unpaired) electrons. The predicted octanol–water partition coefficient (Wildman–Crippen LogP) is 3.45. The summed E-state index contributed by atoms with van der Waals surface area (Å²) in [5.74, 6) is 0. The van der Waals surface area contributed by atoms with Crippen molar-refractivity contribution in [2.24, 2.45) is 0 Å². The van der Waals surface area contributed by atoms with Crippen molar-refractivity contribution in [2.75, 3.05) is 0 Å². The molecule has 5 heteroatoms. The number of nitrogens with zero attached hydrogens (tertiary/aromatic N) is 4. The Morgan fingerprint density at radius 2 is 2.08 bits per heavy atom. The van der Waals surface area contributed by atoms with Crippen molar-refractivity contribution in [3.63, 3.8) is 0 Å². The molecule has 0 saturated heterocycles. The SMILES string of the molecule is CC(C)(C)n1ncc2c1CCCC2NCc1cnn2ccccc12. The zero-order valence-corrected chi connectivity index (χ0v) is 14.7. The van der Waals surface area contributed by atoms with Crippen LogP contribution in [0.3, 0.4) is 0 Å². The van der Waals surface area contributed by atoms with Gasteiger partial charge < -0.3 is 5.32 Å². The maximum Gasteiger partial charge on any atom is 0.0706 e. The van der Waals surface area contributed by atoms with Crippen LogP contribution >= 0.6 is 0 Å². The van der Waals surface area contributed by atoms with E-state index in [0.29, 0.717) is 6.04 Å². The van der Waals surface area contributed by atoms with Crippen LogP contribution in [0, 0.1) is 0 Å². The molecular formula is C19H25N5. The monoisotopic (exact) mass is 323 g/mol. The van der Waals surface area contributed by atoms with E-state index in [2.05, 4.69) is 59.3 Å². The summed E-state index contributed by atoms with van der Waals surface area (Å²) in [7, 11) is 0. The molecule has 0 aromatic carbocycles. The Morgan fingerprint density at radius 1 is 1.21 bits per heavy atom. The summed E-state index contributed by atoms with van der Waals surface area (Å²) in [5, 5.41) is 12.8. The molecule has 24 heavy (non-hydrogen) atoms. The summed E-state index contributed by atoms with van der Waals surface area (Å²) in [6.07, 6.45) is 9.52. The molecule has 0 saturated carbocycles. The largest absolute Gasteiger partial charge is 0.306 e. The lowest BCUT2D eigenvalue weighted by Crippen LogP contribution is -2.29. The molecule has 1 N–H and O–H groups in total. The maximum atomic E-state index is 4.67. The van der Waals surface area contributed by atoms with Gasteiger partial charge in [-0.05, 0) is 52.2 Å². The van der Waals surface area contributed by atoms with Gasteiger partial charge in [-0.15, -0.1) is 0 Å². The third kappa shape index (κ3) is 2.63. The molecule has 0 fully saturated rings. The minimum Gasteiger partial charge on any atom is -0.306 e. The quantitative estimate of drug-likeness (QED) is 0.803. The fraction of sp³-hybridized carbons (Fsp3) is 0.474. The first-order valence-electron chi connectivity index (χ1n) is 8.76. The van der Waals surface area contributed by atoms with Gasteiger partial charge in [-0.2, -0.15) is 10.2 Å². The van der Waals surface area contributed by atoms with Gasteiger partial charge in [-0.3, -0.25) is 4.68 Å². The van der Waals surface area contributed by atoms with Gasteiger partial charge in [-0.25, -0.2) is 4.52 Å². The highest BCUT2D eigenvalue weighted by molar-refractivity contribution is 5.53. The second-order valence-corrected chi connectivity index (χ2v) is 7.66. The van der Waals surface area contributed by atoms with Crippen LogP contribution in [0.1, 0.15) is 56.5 Å². The molecule has 5 nitrogen and oxygen atoms in total. The van der Waals surface area contributed by atoms with Crippen LogP contribution in [0.15, 0.2) is 36.8 Å². The van der Waals surface area contributed by atoms with Gasteiger partial charge in [0, 0.05) is 35.6 Å². The van der Waals surface area contributed by atoms with E-state index in [1.54, 1.807) is 0 Å². The van der Waals surface area contributed by atoms with E-state index in [9.17, 15) is 0 Å². The van der Waals surface area contributed by atoms with Gasteiger partial charge in [0.1, 0.15) is 0 Å². The molecule has 0 bridgehead atoms. The summed E-state index contributed by atoms with van der Waals surface area (Å²) in [6, 6.07) is 6.56. The highest BCUT2D eigenvalue weighted by Crippen LogP contribution is 2.32. The molecule has 126 valence electrons. The molecule has 1 unspecified atom stereocenters. The zero-order chi connectivity index (χ0) is 16.7. The third-order valence-corrected chi connectivity index (χ3v) is 4.86. The van der Waals surface area contributed by atoms with Crippen molar-refractivity contribution < 1.29 is 0 Å². The molecule has 3 aromatic rings. The van der Waals surface area contributed by atoms with E-state index in [1.165, 1.54) is 35.2 Å². The fourth-order valence-corrected chi connectivity index (χ4v) is 3.70. The number of nitrogens with one attached hydrogen (secondary N) is 1. The van der Waals surface area contributed by atoms with Crippen LogP contribution in [0.25, 0.3) is 5.52 Å². The van der Waals surface area contributed by atoms with E-state index in [0.717, 1.165) is 13.0 Å². The first-order chi connectivity index (χ1) is 11.5. The van der Waals surface area contributed by atoms with Crippen molar-refractivity contribution in [1.82, 2.24) is 24.7 Å². The number of hydrogen-bond acceptors (Lipinski definition) is 3. The van der Waals surface area contributed by atoms with Crippen LogP contribution in [0.5, 0.6) is 0 Å². The number of rotatable bonds is 3. The Balaban J connectivity index is 1.56. The minimum absolute atomic E-state index is 0.0396. The van der Waals surface area contributed by atoms with Crippen molar-refractivity contribution >= 4 is 5.52 Å². The first kappa shape index (κ1) is 15.4. The van der Waals surface area contributed by atoms with Gasteiger partial charge >= 0.3 is 0 Å². The van der Waals surface area contributed by atoms with Crippen LogP contribution in [0.2, 0.25) is 0 Å². The highest BCUT2D eigenvalue weighted by atomic mass is 15.3. The summed E-state index contributed by atoms with van der Waals surface area (Å²) < 4.78 is 4.13. The van der Waals surface area contributed by atoms with Crippen molar-refractivity contribution in [2.45, 2.75) is 58.2 Å². The van der Waals surface area contributed by atoms with E-state index < -0.39 is 0 Å². The number of aromatic nitrogens is 4. The number of hydrogen-bond donors (Lipinski definition) is 1. The molecule has 4 rings (SSSR count).